The zero-order chi connectivity index (χ0) is 10.8. The van der Waals surface area contributed by atoms with Gasteiger partial charge in [-0.2, -0.15) is 0 Å². The smallest absolute Gasteiger partial charge is 0.145 e. The molecule has 0 saturated heterocycles. The second-order valence-electron chi connectivity index (χ2n) is 3.62. The van der Waals surface area contributed by atoms with E-state index in [9.17, 15) is 0 Å². The van der Waals surface area contributed by atoms with Gasteiger partial charge in [0.15, 0.2) is 0 Å². The van der Waals surface area contributed by atoms with Gasteiger partial charge in [0.05, 0.1) is 17.4 Å². The second kappa shape index (κ2) is 3.81. The van der Waals surface area contributed by atoms with Crippen LogP contribution in [0, 0.1) is 6.92 Å². The highest BCUT2D eigenvalue weighted by atomic mass is 14.9. The summed E-state index contributed by atoms with van der Waals surface area (Å²) >= 11 is 0. The molecule has 0 atom stereocenters. The molecule has 0 bridgehead atoms. The topological polar surface area (TPSA) is 64.7 Å². The van der Waals surface area contributed by atoms with E-state index in [4.69, 9.17) is 5.73 Å². The number of aryl methyl sites for hydroxylation is 2. The molecule has 15 heavy (non-hydrogen) atoms. The van der Waals surface area contributed by atoms with E-state index in [1.165, 1.54) is 0 Å². The maximum Gasteiger partial charge on any atom is 0.145 e. The Hall–Kier alpha value is -1.71. The number of anilines is 1. The maximum atomic E-state index is 5.83. The van der Waals surface area contributed by atoms with E-state index in [1.807, 2.05) is 13.0 Å². The van der Waals surface area contributed by atoms with Crippen molar-refractivity contribution in [3.05, 3.63) is 23.7 Å². The summed E-state index contributed by atoms with van der Waals surface area (Å²) in [5.74, 6) is 0.537. The van der Waals surface area contributed by atoms with Gasteiger partial charge in [0.25, 0.3) is 0 Å². The zero-order valence-electron chi connectivity index (χ0n) is 8.99. The Morgan fingerprint density at radius 1 is 1.27 bits per heavy atom. The fraction of sp³-hybridized carbons (Fsp3) is 0.364. The SMILES string of the molecule is CCCc1nc2cnc(C)cc2nc1N. The van der Waals surface area contributed by atoms with Crippen molar-refractivity contribution in [3.8, 4) is 0 Å². The van der Waals surface area contributed by atoms with Crippen LogP contribution in [0.25, 0.3) is 11.0 Å². The van der Waals surface area contributed by atoms with E-state index in [0.717, 1.165) is 35.3 Å². The number of aromatic nitrogens is 3. The van der Waals surface area contributed by atoms with E-state index < -0.39 is 0 Å². The largest absolute Gasteiger partial charge is 0.382 e. The average Bonchev–Trinajstić information content (AvgIpc) is 2.20. The van der Waals surface area contributed by atoms with Crippen molar-refractivity contribution in [2.75, 3.05) is 5.73 Å². The van der Waals surface area contributed by atoms with E-state index >= 15 is 0 Å². The lowest BCUT2D eigenvalue weighted by Gasteiger charge is -2.04. The van der Waals surface area contributed by atoms with Crippen molar-refractivity contribution in [2.45, 2.75) is 26.7 Å². The second-order valence-corrected chi connectivity index (χ2v) is 3.62. The van der Waals surface area contributed by atoms with Crippen LogP contribution in [-0.2, 0) is 6.42 Å². The van der Waals surface area contributed by atoms with Crippen LogP contribution in [-0.4, -0.2) is 15.0 Å². The lowest BCUT2D eigenvalue weighted by molar-refractivity contribution is 0.885. The van der Waals surface area contributed by atoms with Gasteiger partial charge in [-0.15, -0.1) is 0 Å². The van der Waals surface area contributed by atoms with Crippen molar-refractivity contribution < 1.29 is 0 Å². The summed E-state index contributed by atoms with van der Waals surface area (Å²) in [6, 6.07) is 1.90. The van der Waals surface area contributed by atoms with Crippen molar-refractivity contribution in [2.24, 2.45) is 0 Å². The Kier molecular flexibility index (Phi) is 2.49. The molecule has 0 spiro atoms. The van der Waals surface area contributed by atoms with Gasteiger partial charge < -0.3 is 5.73 Å². The number of pyridine rings is 1. The van der Waals surface area contributed by atoms with Crippen LogP contribution in [0.5, 0.6) is 0 Å². The van der Waals surface area contributed by atoms with Gasteiger partial charge in [0.2, 0.25) is 0 Å². The number of nitrogens with zero attached hydrogens (tertiary/aromatic N) is 3. The molecular formula is C11H14N4. The Bertz CT molecular complexity index is 493. The first-order chi connectivity index (χ1) is 7.20. The molecule has 2 heterocycles. The molecule has 2 aromatic rings. The van der Waals surface area contributed by atoms with Crippen LogP contribution < -0.4 is 5.73 Å². The molecule has 0 radical (unpaired) electrons. The summed E-state index contributed by atoms with van der Waals surface area (Å²) in [7, 11) is 0. The number of rotatable bonds is 2. The van der Waals surface area contributed by atoms with Crippen molar-refractivity contribution >= 4 is 16.9 Å². The summed E-state index contributed by atoms with van der Waals surface area (Å²) in [4.78, 5) is 13.0. The van der Waals surface area contributed by atoms with Gasteiger partial charge in [0.1, 0.15) is 11.3 Å². The van der Waals surface area contributed by atoms with E-state index in [0.29, 0.717) is 5.82 Å². The molecule has 4 nitrogen and oxygen atoms in total. The average molecular weight is 202 g/mol. The zero-order valence-corrected chi connectivity index (χ0v) is 8.99. The number of fused-ring (bicyclic) bond motifs is 1. The predicted molar refractivity (Wildman–Crippen MR) is 60.5 cm³/mol. The minimum atomic E-state index is 0.537. The number of hydrogen-bond donors (Lipinski definition) is 1. The van der Waals surface area contributed by atoms with Gasteiger partial charge >= 0.3 is 0 Å². The van der Waals surface area contributed by atoms with Crippen LogP contribution in [0.2, 0.25) is 0 Å². The number of hydrogen-bond acceptors (Lipinski definition) is 4. The standard InChI is InChI=1S/C11H14N4/c1-3-4-8-11(12)15-9-5-7(2)13-6-10(9)14-8/h5-6H,3-4H2,1-2H3,(H2,12,15). The lowest BCUT2D eigenvalue weighted by Crippen LogP contribution is -2.02. The minimum absolute atomic E-state index is 0.537. The molecule has 0 amide bonds. The van der Waals surface area contributed by atoms with E-state index in [-0.39, 0.29) is 0 Å². The van der Waals surface area contributed by atoms with Gasteiger partial charge in [-0.1, -0.05) is 13.3 Å². The fourth-order valence-corrected chi connectivity index (χ4v) is 1.53. The number of nitrogen functional groups attached to an aromatic ring is 1. The van der Waals surface area contributed by atoms with Crippen molar-refractivity contribution in [3.63, 3.8) is 0 Å². The van der Waals surface area contributed by atoms with Crippen LogP contribution in [0.4, 0.5) is 5.82 Å². The van der Waals surface area contributed by atoms with Crippen LogP contribution in [0.1, 0.15) is 24.7 Å². The van der Waals surface area contributed by atoms with Gasteiger partial charge in [0, 0.05) is 5.69 Å². The van der Waals surface area contributed by atoms with Crippen molar-refractivity contribution in [1.29, 1.82) is 0 Å². The molecule has 2 N–H and O–H groups in total. The third kappa shape index (κ3) is 1.88. The van der Waals surface area contributed by atoms with E-state index in [2.05, 4.69) is 21.9 Å². The molecule has 0 fully saturated rings. The Morgan fingerprint density at radius 2 is 2.07 bits per heavy atom. The lowest BCUT2D eigenvalue weighted by atomic mass is 10.2. The molecular weight excluding hydrogens is 188 g/mol. The highest BCUT2D eigenvalue weighted by Crippen LogP contribution is 2.15. The molecule has 4 heteroatoms. The van der Waals surface area contributed by atoms with Crippen LogP contribution >= 0.6 is 0 Å². The predicted octanol–water partition coefficient (Wildman–Crippen LogP) is 1.87. The molecule has 0 unspecified atom stereocenters. The Balaban J connectivity index is 2.60. The first-order valence-corrected chi connectivity index (χ1v) is 5.09. The maximum absolute atomic E-state index is 5.83. The van der Waals surface area contributed by atoms with Crippen molar-refractivity contribution in [1.82, 2.24) is 15.0 Å². The van der Waals surface area contributed by atoms with Gasteiger partial charge in [-0.25, -0.2) is 9.97 Å². The highest BCUT2D eigenvalue weighted by Gasteiger charge is 2.05. The fourth-order valence-electron chi connectivity index (χ4n) is 1.53. The third-order valence-electron chi connectivity index (χ3n) is 2.28. The summed E-state index contributed by atoms with van der Waals surface area (Å²) in [5.41, 5.74) is 9.27. The summed E-state index contributed by atoms with van der Waals surface area (Å²) < 4.78 is 0. The summed E-state index contributed by atoms with van der Waals surface area (Å²) in [5, 5.41) is 0. The highest BCUT2D eigenvalue weighted by molar-refractivity contribution is 5.75. The normalized spacial score (nSPS) is 10.8. The quantitative estimate of drug-likeness (QED) is 0.807. The van der Waals surface area contributed by atoms with Gasteiger partial charge in [-0.3, -0.25) is 4.98 Å². The molecule has 2 aromatic heterocycles. The van der Waals surface area contributed by atoms with E-state index in [1.54, 1.807) is 6.20 Å². The molecule has 78 valence electrons. The molecule has 0 aliphatic heterocycles. The Labute approximate surface area is 88.6 Å². The summed E-state index contributed by atoms with van der Waals surface area (Å²) in [6.45, 7) is 4.02. The Morgan fingerprint density at radius 3 is 2.80 bits per heavy atom. The molecule has 0 aliphatic carbocycles. The van der Waals surface area contributed by atoms with Crippen LogP contribution in [0.3, 0.4) is 0 Å². The molecule has 0 aliphatic rings. The minimum Gasteiger partial charge on any atom is -0.382 e. The molecule has 0 aromatic carbocycles. The first-order valence-electron chi connectivity index (χ1n) is 5.09. The molecule has 2 rings (SSSR count). The van der Waals surface area contributed by atoms with Gasteiger partial charge in [-0.05, 0) is 19.4 Å². The first kappa shape index (κ1) is 9.83. The summed E-state index contributed by atoms with van der Waals surface area (Å²) in [6.07, 6.45) is 3.63. The third-order valence-corrected chi connectivity index (χ3v) is 2.28. The monoisotopic (exact) mass is 202 g/mol. The number of nitrogens with two attached hydrogens (primary N) is 1. The molecule has 0 saturated carbocycles. The van der Waals surface area contributed by atoms with Crippen LogP contribution in [0.15, 0.2) is 12.3 Å².